The predicted molar refractivity (Wildman–Crippen MR) is 56.3 cm³/mol. The minimum Gasteiger partial charge on any atom is -0.504 e. The third-order valence-corrected chi connectivity index (χ3v) is 2.85. The van der Waals surface area contributed by atoms with Gasteiger partial charge in [0.05, 0.1) is 12.0 Å². The van der Waals surface area contributed by atoms with Gasteiger partial charge in [0.2, 0.25) is 0 Å². The minimum absolute atomic E-state index is 0.127. The second kappa shape index (κ2) is 3.57. The summed E-state index contributed by atoms with van der Waals surface area (Å²) in [6, 6.07) is 5.14. The number of phenolic OH excluding ortho intramolecular Hbond substituents is 1. The van der Waals surface area contributed by atoms with E-state index in [2.05, 4.69) is 0 Å². The molecule has 80 valence electrons. The Morgan fingerprint density at radius 1 is 1.53 bits per heavy atom. The Balaban J connectivity index is 2.34. The molecule has 15 heavy (non-hydrogen) atoms. The molecule has 1 aromatic rings. The molecule has 0 atom stereocenters. The summed E-state index contributed by atoms with van der Waals surface area (Å²) in [5.41, 5.74) is 0.637. The van der Waals surface area contributed by atoms with Gasteiger partial charge in [0.15, 0.2) is 11.5 Å². The lowest BCUT2D eigenvalue weighted by Gasteiger charge is -2.11. The fraction of sp³-hybridized carbons (Fsp3) is 0.417. The first-order valence-electron chi connectivity index (χ1n) is 5.14. The predicted octanol–water partition coefficient (Wildman–Crippen LogP) is 2.02. The summed E-state index contributed by atoms with van der Waals surface area (Å²) in [5, 5.41) is 9.51. The fourth-order valence-electron chi connectivity index (χ4n) is 1.70. The summed E-state index contributed by atoms with van der Waals surface area (Å²) < 4.78 is 5.28. The van der Waals surface area contributed by atoms with Crippen molar-refractivity contribution in [1.29, 1.82) is 0 Å². The zero-order valence-electron chi connectivity index (χ0n) is 8.69. The minimum atomic E-state index is -0.306. The summed E-state index contributed by atoms with van der Waals surface area (Å²) >= 11 is 0. The molecule has 0 heterocycles. The summed E-state index contributed by atoms with van der Waals surface area (Å²) in [6.07, 6.45) is 2.79. The average molecular weight is 206 g/mol. The quantitative estimate of drug-likeness (QED) is 0.766. The molecule has 0 spiro atoms. The number of carbonyl (C=O) groups excluding carboxylic acids is 1. The number of carbonyl (C=O) groups is 1. The first kappa shape index (κ1) is 10.0. The molecule has 3 nitrogen and oxygen atoms in total. The normalized spacial score (nSPS) is 17.1. The molecule has 0 aromatic heterocycles. The van der Waals surface area contributed by atoms with Gasteiger partial charge in [0, 0.05) is 0 Å². The lowest BCUT2D eigenvalue weighted by molar-refractivity contribution is -0.109. The van der Waals surface area contributed by atoms with Crippen LogP contribution in [-0.2, 0) is 10.2 Å². The molecule has 1 aromatic carbocycles. The Morgan fingerprint density at radius 3 is 2.80 bits per heavy atom. The summed E-state index contributed by atoms with van der Waals surface area (Å²) in [5.74, 6) is 0.588. The van der Waals surface area contributed by atoms with Crippen LogP contribution in [0.15, 0.2) is 18.2 Å². The van der Waals surface area contributed by atoms with Gasteiger partial charge in [0.25, 0.3) is 0 Å². The van der Waals surface area contributed by atoms with E-state index in [0.29, 0.717) is 12.4 Å². The lowest BCUT2D eigenvalue weighted by Crippen LogP contribution is -2.07. The lowest BCUT2D eigenvalue weighted by atomic mass is 9.97. The van der Waals surface area contributed by atoms with E-state index in [9.17, 15) is 9.90 Å². The van der Waals surface area contributed by atoms with E-state index in [-0.39, 0.29) is 11.2 Å². The van der Waals surface area contributed by atoms with Crippen LogP contribution < -0.4 is 4.74 Å². The maximum atomic E-state index is 10.9. The van der Waals surface area contributed by atoms with Crippen molar-refractivity contribution in [2.75, 3.05) is 6.61 Å². The fourth-order valence-corrected chi connectivity index (χ4v) is 1.70. The molecule has 2 rings (SSSR count). The van der Waals surface area contributed by atoms with Gasteiger partial charge >= 0.3 is 0 Å². The van der Waals surface area contributed by atoms with Crippen LogP contribution in [0.1, 0.15) is 25.3 Å². The Morgan fingerprint density at radius 2 is 2.27 bits per heavy atom. The molecule has 0 radical (unpaired) electrons. The second-order valence-corrected chi connectivity index (χ2v) is 3.89. The second-order valence-electron chi connectivity index (χ2n) is 3.89. The van der Waals surface area contributed by atoms with Crippen molar-refractivity contribution >= 4 is 6.29 Å². The number of aldehydes is 1. The number of hydrogen-bond acceptors (Lipinski definition) is 3. The number of benzene rings is 1. The third kappa shape index (κ3) is 1.69. The van der Waals surface area contributed by atoms with Crippen LogP contribution in [0.5, 0.6) is 11.5 Å². The maximum Gasteiger partial charge on any atom is 0.161 e. The van der Waals surface area contributed by atoms with Gasteiger partial charge < -0.3 is 14.6 Å². The molecule has 0 saturated heterocycles. The molecular formula is C12H14O3. The van der Waals surface area contributed by atoms with Gasteiger partial charge in [-0.05, 0) is 37.5 Å². The van der Waals surface area contributed by atoms with Crippen LogP contribution in [0.4, 0.5) is 0 Å². The van der Waals surface area contributed by atoms with Crippen LogP contribution in [0.3, 0.4) is 0 Å². The molecule has 0 amide bonds. The van der Waals surface area contributed by atoms with E-state index >= 15 is 0 Å². The van der Waals surface area contributed by atoms with Crippen LogP contribution >= 0.6 is 0 Å². The van der Waals surface area contributed by atoms with Gasteiger partial charge in [-0.3, -0.25) is 0 Å². The first-order chi connectivity index (χ1) is 7.22. The highest BCUT2D eigenvalue weighted by molar-refractivity contribution is 5.73. The summed E-state index contributed by atoms with van der Waals surface area (Å²) in [6.45, 7) is 2.36. The Kier molecular flexibility index (Phi) is 2.39. The molecule has 0 aliphatic heterocycles. The first-order valence-corrected chi connectivity index (χ1v) is 5.14. The zero-order valence-corrected chi connectivity index (χ0v) is 8.69. The maximum absolute atomic E-state index is 10.9. The zero-order chi connectivity index (χ0) is 10.9. The third-order valence-electron chi connectivity index (χ3n) is 2.85. The Bertz CT molecular complexity index is 380. The van der Waals surface area contributed by atoms with Gasteiger partial charge in [-0.15, -0.1) is 0 Å². The van der Waals surface area contributed by atoms with E-state index in [1.807, 2.05) is 6.92 Å². The van der Waals surface area contributed by atoms with Gasteiger partial charge in [-0.25, -0.2) is 0 Å². The monoisotopic (exact) mass is 206 g/mol. The summed E-state index contributed by atoms with van der Waals surface area (Å²) in [4.78, 5) is 10.9. The largest absolute Gasteiger partial charge is 0.504 e. The molecule has 1 aliphatic rings. The van der Waals surface area contributed by atoms with E-state index in [1.54, 1.807) is 18.2 Å². The average Bonchev–Trinajstić information content (AvgIpc) is 3.02. The number of hydrogen-bond donors (Lipinski definition) is 1. The molecule has 1 N–H and O–H groups in total. The topological polar surface area (TPSA) is 46.5 Å². The van der Waals surface area contributed by atoms with Crippen LogP contribution in [0, 0.1) is 0 Å². The molecular weight excluding hydrogens is 192 g/mol. The van der Waals surface area contributed by atoms with E-state index in [4.69, 9.17) is 4.74 Å². The molecule has 1 aliphatic carbocycles. The van der Waals surface area contributed by atoms with E-state index in [0.717, 1.165) is 24.7 Å². The number of aromatic hydroxyl groups is 1. The standard InChI is InChI=1S/C12H14O3/c1-2-15-11-7-9(3-4-10(11)14)12(8-13)5-6-12/h3-4,7-8,14H,2,5-6H2,1H3. The van der Waals surface area contributed by atoms with Gasteiger partial charge in [0.1, 0.15) is 6.29 Å². The van der Waals surface area contributed by atoms with Crippen molar-refractivity contribution in [3.63, 3.8) is 0 Å². The SMILES string of the molecule is CCOc1cc(C2(C=O)CC2)ccc1O. The van der Waals surface area contributed by atoms with E-state index in [1.165, 1.54) is 0 Å². The summed E-state index contributed by atoms with van der Waals surface area (Å²) in [7, 11) is 0. The Hall–Kier alpha value is -1.51. The molecule has 1 fully saturated rings. The highest BCUT2D eigenvalue weighted by Gasteiger charge is 2.44. The smallest absolute Gasteiger partial charge is 0.161 e. The van der Waals surface area contributed by atoms with Crippen molar-refractivity contribution in [3.05, 3.63) is 23.8 Å². The molecule has 3 heteroatoms. The highest BCUT2D eigenvalue weighted by Crippen LogP contribution is 2.47. The van der Waals surface area contributed by atoms with E-state index < -0.39 is 0 Å². The van der Waals surface area contributed by atoms with Crippen LogP contribution in [-0.4, -0.2) is 18.0 Å². The van der Waals surface area contributed by atoms with Crippen LogP contribution in [0.2, 0.25) is 0 Å². The number of phenols is 1. The Labute approximate surface area is 88.7 Å². The molecule has 0 unspecified atom stereocenters. The van der Waals surface area contributed by atoms with Crippen LogP contribution in [0.25, 0.3) is 0 Å². The highest BCUT2D eigenvalue weighted by atomic mass is 16.5. The van der Waals surface area contributed by atoms with Crippen molar-refractivity contribution in [2.45, 2.75) is 25.2 Å². The molecule has 1 saturated carbocycles. The van der Waals surface area contributed by atoms with Crippen molar-refractivity contribution in [3.8, 4) is 11.5 Å². The van der Waals surface area contributed by atoms with Crippen molar-refractivity contribution in [2.24, 2.45) is 0 Å². The van der Waals surface area contributed by atoms with Gasteiger partial charge in [-0.2, -0.15) is 0 Å². The van der Waals surface area contributed by atoms with Crippen molar-refractivity contribution < 1.29 is 14.6 Å². The van der Waals surface area contributed by atoms with Gasteiger partial charge in [-0.1, -0.05) is 6.07 Å². The van der Waals surface area contributed by atoms with Crippen molar-refractivity contribution in [1.82, 2.24) is 0 Å². The molecule has 0 bridgehead atoms. The number of ether oxygens (including phenoxy) is 1. The number of rotatable bonds is 4.